The molecule has 6 nitrogen and oxygen atoms in total. The van der Waals surface area contributed by atoms with Crippen LogP contribution in [0.3, 0.4) is 0 Å². The highest BCUT2D eigenvalue weighted by molar-refractivity contribution is 6.30. The van der Waals surface area contributed by atoms with E-state index in [2.05, 4.69) is 5.32 Å². The number of benzene rings is 2. The van der Waals surface area contributed by atoms with E-state index in [-0.39, 0.29) is 41.5 Å². The summed E-state index contributed by atoms with van der Waals surface area (Å²) in [5.74, 6) is 0.283. The Balaban J connectivity index is 1.14. The number of ether oxygens (including phenoxy) is 2. The number of fused-ring (bicyclic) bond motifs is 4. The van der Waals surface area contributed by atoms with Crippen LogP contribution >= 0.6 is 11.6 Å². The Morgan fingerprint density at radius 3 is 2.56 bits per heavy atom. The zero-order valence-electron chi connectivity index (χ0n) is 20.3. The maximum absolute atomic E-state index is 13.7. The Morgan fingerprint density at radius 2 is 1.86 bits per heavy atom. The van der Waals surface area contributed by atoms with E-state index in [4.69, 9.17) is 21.1 Å². The topological polar surface area (TPSA) is 84.9 Å². The molecule has 0 aromatic heterocycles. The number of hydrogen-bond acceptors (Lipinski definition) is 5. The van der Waals surface area contributed by atoms with Crippen LogP contribution in [0, 0.1) is 18.2 Å². The molecule has 6 rings (SSSR count). The van der Waals surface area contributed by atoms with Crippen LogP contribution in [-0.4, -0.2) is 35.0 Å². The number of halogens is 2. The third-order valence-corrected chi connectivity index (χ3v) is 8.50. The summed E-state index contributed by atoms with van der Waals surface area (Å²) < 4.78 is 25.2. The molecule has 4 aliphatic rings. The predicted molar refractivity (Wildman–Crippen MR) is 133 cm³/mol. The molecule has 0 spiro atoms. The Kier molecular flexibility index (Phi) is 6.72. The van der Waals surface area contributed by atoms with E-state index in [0.29, 0.717) is 34.1 Å². The van der Waals surface area contributed by atoms with Gasteiger partial charge in [0.2, 0.25) is 0 Å². The summed E-state index contributed by atoms with van der Waals surface area (Å²) in [6, 6.07) is 9.64. The minimum absolute atomic E-state index is 0.0202. The Bertz CT molecular complexity index is 1160. The monoisotopic (exact) mass is 515 g/mol. The van der Waals surface area contributed by atoms with E-state index in [9.17, 15) is 19.1 Å². The van der Waals surface area contributed by atoms with Crippen molar-refractivity contribution in [1.82, 2.24) is 5.32 Å². The summed E-state index contributed by atoms with van der Waals surface area (Å²) in [6.07, 6.45) is 4.17. The molecule has 0 saturated heterocycles. The summed E-state index contributed by atoms with van der Waals surface area (Å²) in [4.78, 5) is 25.8. The maximum atomic E-state index is 13.7. The predicted octanol–water partition coefficient (Wildman–Crippen LogP) is 5.22. The van der Waals surface area contributed by atoms with Crippen LogP contribution in [0.15, 0.2) is 36.4 Å². The van der Waals surface area contributed by atoms with Crippen molar-refractivity contribution >= 4 is 23.3 Å². The molecule has 1 heterocycles. The molecule has 3 saturated carbocycles. The molecule has 3 fully saturated rings. The smallest absolute Gasteiger partial charge is 0.258 e. The average Bonchev–Trinajstić information content (AvgIpc) is 2.86. The molecule has 2 aromatic carbocycles. The van der Waals surface area contributed by atoms with Gasteiger partial charge in [0.05, 0.1) is 6.10 Å². The molecule has 2 N–H and O–H groups in total. The van der Waals surface area contributed by atoms with Gasteiger partial charge in [0.1, 0.15) is 17.3 Å². The molecule has 36 heavy (non-hydrogen) atoms. The molecular weight excluding hydrogens is 485 g/mol. The second-order valence-corrected chi connectivity index (χ2v) is 11.1. The fourth-order valence-corrected chi connectivity index (χ4v) is 6.14. The van der Waals surface area contributed by atoms with Gasteiger partial charge < -0.3 is 19.9 Å². The molecule has 1 aliphatic heterocycles. The number of rotatable bonds is 7. The zero-order chi connectivity index (χ0) is 25.5. The first-order chi connectivity index (χ1) is 17.2. The van der Waals surface area contributed by atoms with Gasteiger partial charge in [-0.15, -0.1) is 0 Å². The minimum atomic E-state index is -0.780. The van der Waals surface area contributed by atoms with E-state index >= 15 is 0 Å². The van der Waals surface area contributed by atoms with Crippen LogP contribution in [-0.2, 0) is 9.59 Å². The number of aliphatic hydroxyl groups excluding tert-OH is 1. The van der Waals surface area contributed by atoms with Gasteiger partial charge >= 0.3 is 0 Å². The van der Waals surface area contributed by atoms with Gasteiger partial charge in [-0.1, -0.05) is 17.7 Å². The Hall–Kier alpha value is -2.64. The van der Waals surface area contributed by atoms with Crippen LogP contribution in [0.5, 0.6) is 11.5 Å². The molecule has 2 bridgehead atoms. The van der Waals surface area contributed by atoms with E-state index < -0.39 is 12.2 Å². The standard InChI is InChI=1S/C28H31ClFNO5/c1-17-2-4-19(13-21(17)30)35-16-26(34)31-28-9-6-27(7-10-28,8-11-28)15-23(33)25-14-22(32)20-12-18(29)3-5-24(20)36-25/h2-5,12-13,22,25,32H,6-11,14-16H2,1H3,(H,31,34)/t22-,25-,27?,28?/m1/s1. The van der Waals surface area contributed by atoms with Gasteiger partial charge in [-0.05, 0) is 80.7 Å². The van der Waals surface area contributed by atoms with Crippen molar-refractivity contribution in [2.45, 2.75) is 76.0 Å². The van der Waals surface area contributed by atoms with Gasteiger partial charge in [0.15, 0.2) is 18.5 Å². The summed E-state index contributed by atoms with van der Waals surface area (Å²) in [6.45, 7) is 1.51. The summed E-state index contributed by atoms with van der Waals surface area (Å²) >= 11 is 6.03. The van der Waals surface area contributed by atoms with Gasteiger partial charge in [0, 0.05) is 35.0 Å². The second kappa shape index (κ2) is 9.67. The lowest BCUT2D eigenvalue weighted by atomic mass is 9.55. The first kappa shape index (κ1) is 25.0. The highest BCUT2D eigenvalue weighted by atomic mass is 35.5. The van der Waals surface area contributed by atoms with Gasteiger partial charge in [-0.25, -0.2) is 4.39 Å². The molecule has 8 heteroatoms. The number of Topliss-reactive ketones (excluding diaryl/α,β-unsaturated/α-hetero) is 1. The normalized spacial score (nSPS) is 28.7. The van der Waals surface area contributed by atoms with Crippen LogP contribution in [0.25, 0.3) is 0 Å². The number of nitrogens with one attached hydrogen (secondary N) is 1. The molecule has 192 valence electrons. The van der Waals surface area contributed by atoms with Crippen molar-refractivity contribution in [2.24, 2.45) is 5.41 Å². The largest absolute Gasteiger partial charge is 0.484 e. The van der Waals surface area contributed by atoms with Gasteiger partial charge in [0.25, 0.3) is 5.91 Å². The number of aryl methyl sites for hydroxylation is 1. The Labute approximate surface area is 215 Å². The SMILES string of the molecule is Cc1ccc(OCC(=O)NC23CCC(CC(=O)[C@H]4C[C@@H](O)c5cc(Cl)ccc5O4)(CC2)CC3)cc1F. The third-order valence-electron chi connectivity index (χ3n) is 8.27. The van der Waals surface area contributed by atoms with E-state index in [0.717, 1.165) is 38.5 Å². The molecule has 1 amide bonds. The maximum Gasteiger partial charge on any atom is 0.258 e. The van der Waals surface area contributed by atoms with Crippen molar-refractivity contribution in [2.75, 3.05) is 6.61 Å². The van der Waals surface area contributed by atoms with E-state index in [1.54, 1.807) is 37.3 Å². The second-order valence-electron chi connectivity index (χ2n) is 10.7. The van der Waals surface area contributed by atoms with Crippen molar-refractivity contribution in [3.8, 4) is 11.5 Å². The molecular formula is C28H31ClFNO5. The first-order valence-corrected chi connectivity index (χ1v) is 12.9. The van der Waals surface area contributed by atoms with Crippen molar-refractivity contribution in [3.05, 3.63) is 58.4 Å². The Morgan fingerprint density at radius 1 is 1.14 bits per heavy atom. The lowest BCUT2D eigenvalue weighted by Gasteiger charge is -2.53. The summed E-state index contributed by atoms with van der Waals surface area (Å²) in [5, 5.41) is 14.2. The van der Waals surface area contributed by atoms with Crippen LogP contribution in [0.1, 0.15) is 68.6 Å². The van der Waals surface area contributed by atoms with Gasteiger partial charge in [-0.2, -0.15) is 0 Å². The third kappa shape index (κ3) is 5.09. The van der Waals surface area contributed by atoms with E-state index in [1.807, 2.05) is 0 Å². The highest BCUT2D eigenvalue weighted by Gasteiger charge is 2.50. The quantitative estimate of drug-likeness (QED) is 0.528. The summed E-state index contributed by atoms with van der Waals surface area (Å²) in [5.41, 5.74) is 0.781. The molecule has 2 atom stereocenters. The van der Waals surface area contributed by atoms with Crippen molar-refractivity contribution < 1.29 is 28.6 Å². The highest BCUT2D eigenvalue weighted by Crippen LogP contribution is 2.54. The number of hydrogen-bond donors (Lipinski definition) is 2. The summed E-state index contributed by atoms with van der Waals surface area (Å²) in [7, 11) is 0. The number of ketones is 1. The molecule has 0 radical (unpaired) electrons. The van der Waals surface area contributed by atoms with Crippen LogP contribution in [0.2, 0.25) is 5.02 Å². The van der Waals surface area contributed by atoms with E-state index in [1.165, 1.54) is 6.07 Å². The number of carbonyl (C=O) groups excluding carboxylic acids is 2. The van der Waals surface area contributed by atoms with Crippen molar-refractivity contribution in [3.63, 3.8) is 0 Å². The first-order valence-electron chi connectivity index (χ1n) is 12.5. The zero-order valence-corrected chi connectivity index (χ0v) is 21.1. The molecule has 0 unspecified atom stereocenters. The van der Waals surface area contributed by atoms with Crippen LogP contribution < -0.4 is 14.8 Å². The minimum Gasteiger partial charge on any atom is -0.484 e. The van der Waals surface area contributed by atoms with Crippen LogP contribution in [0.4, 0.5) is 4.39 Å². The fraction of sp³-hybridized carbons (Fsp3) is 0.500. The number of amides is 1. The lowest BCUT2D eigenvalue weighted by molar-refractivity contribution is -0.135. The fourth-order valence-electron chi connectivity index (χ4n) is 5.96. The lowest BCUT2D eigenvalue weighted by Crippen LogP contribution is -2.58. The molecule has 2 aromatic rings. The number of aliphatic hydroxyl groups is 1. The van der Waals surface area contributed by atoms with Gasteiger partial charge in [-0.3, -0.25) is 9.59 Å². The molecule has 3 aliphatic carbocycles. The number of carbonyl (C=O) groups is 2. The van der Waals surface area contributed by atoms with Crippen molar-refractivity contribution in [1.29, 1.82) is 0 Å². The average molecular weight is 516 g/mol.